The second-order valence-electron chi connectivity index (χ2n) is 5.59. The fraction of sp³-hybridized carbons (Fsp3) is 0.0556. The molecule has 1 amide bonds. The molecule has 2 N–H and O–H groups in total. The molecule has 0 aliphatic rings. The second-order valence-corrected chi connectivity index (χ2v) is 6.45. The molecule has 0 aliphatic heterocycles. The Bertz CT molecular complexity index is 1060. The van der Waals surface area contributed by atoms with E-state index in [1.165, 1.54) is 6.20 Å². The van der Waals surface area contributed by atoms with Crippen molar-refractivity contribution in [2.75, 3.05) is 5.32 Å². The summed E-state index contributed by atoms with van der Waals surface area (Å²) >= 11 is 3.45. The summed E-state index contributed by atoms with van der Waals surface area (Å²) in [5.41, 5.74) is 2.37. The number of rotatable bonds is 4. The number of anilines is 1. The second kappa shape index (κ2) is 7.01. The minimum atomic E-state index is -0.596. The van der Waals surface area contributed by atoms with Crippen LogP contribution >= 0.6 is 15.9 Å². The number of nitrogens with one attached hydrogen (secondary N) is 2. The molecule has 0 fully saturated rings. The number of hydrogen-bond donors (Lipinski definition) is 2. The Hall–Kier alpha value is -3.13. The van der Waals surface area contributed by atoms with E-state index in [0.717, 1.165) is 15.4 Å². The van der Waals surface area contributed by atoms with Crippen molar-refractivity contribution in [3.05, 3.63) is 71.2 Å². The van der Waals surface area contributed by atoms with Crippen LogP contribution in [-0.4, -0.2) is 25.8 Å². The minimum Gasteiger partial charge on any atom is -0.407 e. The molecule has 26 heavy (non-hydrogen) atoms. The molecule has 0 unspecified atom stereocenters. The molecular weight excluding hydrogens is 398 g/mol. The summed E-state index contributed by atoms with van der Waals surface area (Å²) in [6, 6.07) is 11.7. The quantitative estimate of drug-likeness (QED) is 0.527. The van der Waals surface area contributed by atoms with Gasteiger partial charge in [0, 0.05) is 16.9 Å². The summed E-state index contributed by atoms with van der Waals surface area (Å²) < 4.78 is 7.85. The van der Waals surface area contributed by atoms with Crippen LogP contribution in [0.5, 0.6) is 5.75 Å². The molecule has 7 nitrogen and oxygen atoms in total. The lowest BCUT2D eigenvalue weighted by molar-refractivity contribution is 0.215. The number of pyridine rings is 1. The number of halogens is 1. The largest absolute Gasteiger partial charge is 0.417 e. The van der Waals surface area contributed by atoms with Crippen LogP contribution in [0.25, 0.3) is 11.0 Å². The maximum Gasteiger partial charge on any atom is 0.417 e. The first-order valence-electron chi connectivity index (χ1n) is 7.86. The Labute approximate surface area is 157 Å². The molecule has 130 valence electrons. The third kappa shape index (κ3) is 3.45. The summed E-state index contributed by atoms with van der Waals surface area (Å²) in [6.45, 7) is 0.604. The van der Waals surface area contributed by atoms with Crippen LogP contribution in [0.15, 0.2) is 65.7 Å². The Morgan fingerprint density at radius 3 is 2.96 bits per heavy atom. The predicted molar refractivity (Wildman–Crippen MR) is 101 cm³/mol. The van der Waals surface area contributed by atoms with E-state index < -0.39 is 6.09 Å². The van der Waals surface area contributed by atoms with Gasteiger partial charge < -0.3 is 9.72 Å². The molecule has 8 heteroatoms. The van der Waals surface area contributed by atoms with Crippen molar-refractivity contribution >= 4 is 38.7 Å². The van der Waals surface area contributed by atoms with Crippen LogP contribution in [0.4, 0.5) is 10.5 Å². The van der Waals surface area contributed by atoms with E-state index >= 15 is 0 Å². The van der Waals surface area contributed by atoms with Crippen molar-refractivity contribution in [3.8, 4) is 5.75 Å². The zero-order valence-electron chi connectivity index (χ0n) is 13.5. The van der Waals surface area contributed by atoms with Crippen LogP contribution in [0, 0.1) is 0 Å². The highest BCUT2D eigenvalue weighted by molar-refractivity contribution is 9.10. The molecule has 0 aliphatic carbocycles. The molecule has 0 saturated carbocycles. The molecule has 3 aromatic heterocycles. The fourth-order valence-electron chi connectivity index (χ4n) is 2.61. The topological polar surface area (TPSA) is 84.8 Å². The van der Waals surface area contributed by atoms with Gasteiger partial charge in [-0.2, -0.15) is 5.10 Å². The number of aromatic nitrogens is 4. The molecular formula is C18H14BrN5O2. The number of nitrogens with zero attached hydrogens (tertiary/aromatic N) is 3. The van der Waals surface area contributed by atoms with Gasteiger partial charge in [0.05, 0.1) is 30.0 Å². The zero-order valence-corrected chi connectivity index (χ0v) is 15.1. The highest BCUT2D eigenvalue weighted by atomic mass is 79.9. The standard InChI is InChI=1S/C18H14BrN5O2/c19-14-6-7-20-17-16(14)15(9-21-17)23-18(25)26-13-8-22-24(11-13)10-12-4-2-1-3-5-12/h1-9,11H,10H2,(H,20,21)(H,23,25). The fourth-order valence-corrected chi connectivity index (χ4v) is 3.13. The number of ether oxygens (including phenoxy) is 1. The van der Waals surface area contributed by atoms with E-state index in [1.807, 2.05) is 30.3 Å². The SMILES string of the molecule is O=C(Nc1c[nH]c2nccc(Br)c12)Oc1cnn(Cc2ccccc2)c1. The Balaban J connectivity index is 1.43. The van der Waals surface area contributed by atoms with Gasteiger partial charge in [0.2, 0.25) is 0 Å². The molecule has 4 rings (SSSR count). The summed E-state index contributed by atoms with van der Waals surface area (Å²) in [4.78, 5) is 19.4. The lowest BCUT2D eigenvalue weighted by Gasteiger charge is -2.04. The van der Waals surface area contributed by atoms with Crippen molar-refractivity contribution in [3.63, 3.8) is 0 Å². The van der Waals surface area contributed by atoms with E-state index in [-0.39, 0.29) is 0 Å². The lowest BCUT2D eigenvalue weighted by atomic mass is 10.2. The van der Waals surface area contributed by atoms with Gasteiger partial charge in [0.25, 0.3) is 0 Å². The summed E-state index contributed by atoms with van der Waals surface area (Å²) in [6.07, 6.45) is 5.93. The smallest absolute Gasteiger partial charge is 0.407 e. The van der Waals surface area contributed by atoms with Crippen LogP contribution in [-0.2, 0) is 6.54 Å². The third-order valence-corrected chi connectivity index (χ3v) is 4.43. The molecule has 0 bridgehead atoms. The van der Waals surface area contributed by atoms with E-state index in [9.17, 15) is 4.79 Å². The molecule has 0 atom stereocenters. The van der Waals surface area contributed by atoms with Crippen molar-refractivity contribution in [2.24, 2.45) is 0 Å². The average molecular weight is 412 g/mol. The molecule has 0 radical (unpaired) electrons. The number of H-pyrrole nitrogens is 1. The van der Waals surface area contributed by atoms with E-state index in [2.05, 4.69) is 36.3 Å². The van der Waals surface area contributed by atoms with E-state index in [0.29, 0.717) is 23.6 Å². The minimum absolute atomic E-state index is 0.371. The normalized spacial score (nSPS) is 10.8. The zero-order chi connectivity index (χ0) is 17.9. The third-order valence-electron chi connectivity index (χ3n) is 3.77. The number of fused-ring (bicyclic) bond motifs is 1. The van der Waals surface area contributed by atoms with Crippen LogP contribution in [0.3, 0.4) is 0 Å². The predicted octanol–water partition coefficient (Wildman–Crippen LogP) is 4.18. The van der Waals surface area contributed by atoms with Gasteiger partial charge in [-0.3, -0.25) is 10.00 Å². The summed E-state index contributed by atoms with van der Waals surface area (Å²) in [7, 11) is 0. The maximum atomic E-state index is 12.2. The number of carbonyl (C=O) groups excluding carboxylic acids is 1. The first-order chi connectivity index (χ1) is 12.7. The molecule has 0 spiro atoms. The van der Waals surface area contributed by atoms with Crippen LogP contribution in [0.2, 0.25) is 0 Å². The summed E-state index contributed by atoms with van der Waals surface area (Å²) in [5, 5.41) is 7.71. The highest BCUT2D eigenvalue weighted by Crippen LogP contribution is 2.29. The molecule has 4 aromatic rings. The van der Waals surface area contributed by atoms with E-state index in [4.69, 9.17) is 4.74 Å². The van der Waals surface area contributed by atoms with Gasteiger partial charge in [-0.15, -0.1) is 0 Å². The van der Waals surface area contributed by atoms with Gasteiger partial charge >= 0.3 is 6.09 Å². The number of benzene rings is 1. The maximum absolute atomic E-state index is 12.2. The molecule has 1 aromatic carbocycles. The van der Waals surface area contributed by atoms with E-state index in [1.54, 1.807) is 29.3 Å². The van der Waals surface area contributed by atoms with Crippen molar-refractivity contribution in [1.82, 2.24) is 19.7 Å². The number of hydrogen-bond acceptors (Lipinski definition) is 4. The first kappa shape index (κ1) is 16.3. The van der Waals surface area contributed by atoms with Crippen LogP contribution < -0.4 is 10.1 Å². The van der Waals surface area contributed by atoms with Gasteiger partial charge in [0.1, 0.15) is 5.65 Å². The van der Waals surface area contributed by atoms with Crippen molar-refractivity contribution in [2.45, 2.75) is 6.54 Å². The number of aromatic amines is 1. The van der Waals surface area contributed by atoms with Gasteiger partial charge in [-0.25, -0.2) is 9.78 Å². The first-order valence-corrected chi connectivity index (χ1v) is 8.65. The number of amides is 1. The Morgan fingerprint density at radius 2 is 2.12 bits per heavy atom. The van der Waals surface area contributed by atoms with Crippen molar-refractivity contribution < 1.29 is 9.53 Å². The summed E-state index contributed by atoms with van der Waals surface area (Å²) in [5.74, 6) is 0.371. The van der Waals surface area contributed by atoms with Gasteiger partial charge in [-0.1, -0.05) is 30.3 Å². The lowest BCUT2D eigenvalue weighted by Crippen LogP contribution is -2.16. The molecule has 3 heterocycles. The monoisotopic (exact) mass is 411 g/mol. The highest BCUT2D eigenvalue weighted by Gasteiger charge is 2.13. The Kier molecular flexibility index (Phi) is 4.40. The molecule has 0 saturated heterocycles. The van der Waals surface area contributed by atoms with Crippen molar-refractivity contribution in [1.29, 1.82) is 0 Å². The van der Waals surface area contributed by atoms with Gasteiger partial charge in [-0.05, 0) is 27.6 Å². The van der Waals surface area contributed by atoms with Gasteiger partial charge in [0.15, 0.2) is 5.75 Å². The number of carbonyl (C=O) groups is 1. The van der Waals surface area contributed by atoms with Crippen LogP contribution in [0.1, 0.15) is 5.56 Å². The average Bonchev–Trinajstić information content (AvgIpc) is 3.24. The Morgan fingerprint density at radius 1 is 1.27 bits per heavy atom.